The van der Waals surface area contributed by atoms with Gasteiger partial charge in [-0.3, -0.25) is 9.59 Å². The zero-order valence-corrected chi connectivity index (χ0v) is 17.0. The zero-order valence-electron chi connectivity index (χ0n) is 17.0. The summed E-state index contributed by atoms with van der Waals surface area (Å²) >= 11 is 0. The molecule has 1 saturated heterocycles. The molecule has 1 aromatic heterocycles. The lowest BCUT2D eigenvalue weighted by molar-refractivity contribution is -0.123. The molecule has 0 spiro atoms. The van der Waals surface area contributed by atoms with Crippen molar-refractivity contribution in [1.82, 2.24) is 15.2 Å². The third kappa shape index (κ3) is 3.69. The van der Waals surface area contributed by atoms with E-state index >= 15 is 0 Å². The number of halogens is 1. The Morgan fingerprint density at radius 3 is 2.71 bits per heavy atom. The minimum atomic E-state index is -0.270. The molecule has 0 unspecified atom stereocenters. The summed E-state index contributed by atoms with van der Waals surface area (Å²) in [5.74, 6) is -0.523. The number of fused-ring (bicyclic) bond motifs is 2. The number of hydrogen-bond donors (Lipinski definition) is 1. The van der Waals surface area contributed by atoms with E-state index in [2.05, 4.69) is 5.32 Å². The smallest absolute Gasteiger partial charge is 0.255 e. The number of carbonyl (C=O) groups excluding carboxylic acids is 2. The van der Waals surface area contributed by atoms with Crippen LogP contribution in [0.4, 0.5) is 4.39 Å². The van der Waals surface area contributed by atoms with Crippen LogP contribution in [-0.4, -0.2) is 41.3 Å². The summed E-state index contributed by atoms with van der Waals surface area (Å²) in [5, 5.41) is 3.59. The minimum absolute atomic E-state index is 0.0720. The Labute approximate surface area is 179 Å². The van der Waals surface area contributed by atoms with Crippen LogP contribution in [0.2, 0.25) is 0 Å². The number of pyridine rings is 1. The van der Waals surface area contributed by atoms with E-state index in [0.29, 0.717) is 18.7 Å². The third-order valence-electron chi connectivity index (χ3n) is 5.92. The Kier molecular flexibility index (Phi) is 4.98. The van der Waals surface area contributed by atoms with Crippen LogP contribution in [0.5, 0.6) is 0 Å². The standard InChI is InChI=1S/C25H22FN3O2/c26-18-10-8-16(9-11-18)14-17-4-3-6-20-23(25(31)29-13-12-27-22(30)15-29)19-5-1-2-7-21(19)28-24(17)20/h1-2,5,7-11,14H,3-4,6,12-13,15H2,(H,27,30). The fraction of sp³-hybridized carbons (Fsp3) is 0.240. The van der Waals surface area contributed by atoms with Gasteiger partial charge in [0.25, 0.3) is 5.91 Å². The van der Waals surface area contributed by atoms with E-state index in [1.54, 1.807) is 17.0 Å². The van der Waals surface area contributed by atoms with Crippen molar-refractivity contribution in [2.45, 2.75) is 19.3 Å². The highest BCUT2D eigenvalue weighted by Crippen LogP contribution is 2.36. The van der Waals surface area contributed by atoms with Crippen LogP contribution in [0.3, 0.4) is 0 Å². The van der Waals surface area contributed by atoms with Gasteiger partial charge in [0.1, 0.15) is 5.82 Å². The zero-order chi connectivity index (χ0) is 21.4. The summed E-state index contributed by atoms with van der Waals surface area (Å²) in [6.07, 6.45) is 4.53. The van der Waals surface area contributed by atoms with Crippen LogP contribution >= 0.6 is 0 Å². The maximum Gasteiger partial charge on any atom is 0.255 e. The van der Waals surface area contributed by atoms with E-state index in [9.17, 15) is 14.0 Å². The molecule has 2 aliphatic rings. The van der Waals surface area contributed by atoms with Crippen molar-refractivity contribution < 1.29 is 14.0 Å². The van der Waals surface area contributed by atoms with Crippen molar-refractivity contribution in [2.24, 2.45) is 0 Å². The normalized spacial score (nSPS) is 17.5. The fourth-order valence-corrected chi connectivity index (χ4v) is 4.45. The van der Waals surface area contributed by atoms with E-state index in [1.165, 1.54) is 12.1 Å². The van der Waals surface area contributed by atoms with Crippen LogP contribution in [0.15, 0.2) is 48.5 Å². The van der Waals surface area contributed by atoms with E-state index in [4.69, 9.17) is 4.98 Å². The lowest BCUT2D eigenvalue weighted by Gasteiger charge is -2.29. The number of rotatable bonds is 2. The Bertz CT molecular complexity index is 1220. The highest BCUT2D eigenvalue weighted by Gasteiger charge is 2.29. The van der Waals surface area contributed by atoms with E-state index in [0.717, 1.165) is 52.6 Å². The van der Waals surface area contributed by atoms with Gasteiger partial charge in [-0.15, -0.1) is 0 Å². The van der Waals surface area contributed by atoms with Crippen molar-refractivity contribution in [3.63, 3.8) is 0 Å². The van der Waals surface area contributed by atoms with Gasteiger partial charge in [-0.1, -0.05) is 30.3 Å². The van der Waals surface area contributed by atoms with Crippen molar-refractivity contribution in [1.29, 1.82) is 0 Å². The molecule has 1 aliphatic heterocycles. The molecule has 0 saturated carbocycles. The molecule has 156 valence electrons. The number of nitrogens with zero attached hydrogens (tertiary/aromatic N) is 2. The van der Waals surface area contributed by atoms with Crippen LogP contribution in [0, 0.1) is 5.82 Å². The number of benzene rings is 2. The molecule has 6 heteroatoms. The molecule has 5 rings (SSSR count). The number of amides is 2. The van der Waals surface area contributed by atoms with Gasteiger partial charge in [0.2, 0.25) is 5.91 Å². The van der Waals surface area contributed by atoms with Crippen molar-refractivity contribution in [2.75, 3.05) is 19.6 Å². The molecule has 5 nitrogen and oxygen atoms in total. The van der Waals surface area contributed by atoms with Gasteiger partial charge in [-0.25, -0.2) is 9.37 Å². The topological polar surface area (TPSA) is 62.3 Å². The first-order chi connectivity index (χ1) is 15.1. The van der Waals surface area contributed by atoms with E-state index < -0.39 is 0 Å². The summed E-state index contributed by atoms with van der Waals surface area (Å²) < 4.78 is 13.3. The number of piperazine rings is 1. The molecule has 31 heavy (non-hydrogen) atoms. The van der Waals surface area contributed by atoms with Gasteiger partial charge in [0.05, 0.1) is 23.3 Å². The minimum Gasteiger partial charge on any atom is -0.353 e. The largest absolute Gasteiger partial charge is 0.353 e. The van der Waals surface area contributed by atoms with Gasteiger partial charge in [-0.2, -0.15) is 0 Å². The Morgan fingerprint density at radius 1 is 1.10 bits per heavy atom. The summed E-state index contributed by atoms with van der Waals surface area (Å²) in [7, 11) is 0. The molecule has 0 atom stereocenters. The lowest BCUT2D eigenvalue weighted by Crippen LogP contribution is -2.50. The average Bonchev–Trinajstić information content (AvgIpc) is 2.79. The fourth-order valence-electron chi connectivity index (χ4n) is 4.45. The SMILES string of the molecule is O=C1CN(C(=O)c2c3c(nc4ccccc24)C(=Cc2ccc(F)cc2)CCC3)CCN1. The second-order valence-corrected chi connectivity index (χ2v) is 7.98. The first-order valence-corrected chi connectivity index (χ1v) is 10.5. The van der Waals surface area contributed by atoms with Gasteiger partial charge >= 0.3 is 0 Å². The summed E-state index contributed by atoms with van der Waals surface area (Å²) in [4.78, 5) is 32.0. The molecule has 1 fully saturated rings. The number of para-hydroxylation sites is 1. The molecule has 0 bridgehead atoms. The van der Waals surface area contributed by atoms with Crippen LogP contribution < -0.4 is 5.32 Å². The molecule has 2 heterocycles. The molecular formula is C25H22FN3O2. The maximum absolute atomic E-state index is 13.6. The molecule has 2 aromatic carbocycles. The lowest BCUT2D eigenvalue weighted by atomic mass is 9.85. The highest BCUT2D eigenvalue weighted by atomic mass is 19.1. The first-order valence-electron chi connectivity index (χ1n) is 10.5. The predicted molar refractivity (Wildman–Crippen MR) is 118 cm³/mol. The van der Waals surface area contributed by atoms with Crippen molar-refractivity contribution >= 4 is 34.4 Å². The number of aromatic nitrogens is 1. The van der Waals surface area contributed by atoms with Gasteiger partial charge < -0.3 is 10.2 Å². The molecule has 1 aliphatic carbocycles. The van der Waals surface area contributed by atoms with E-state index in [1.807, 2.05) is 30.3 Å². The number of nitrogens with one attached hydrogen (secondary N) is 1. The number of carbonyl (C=O) groups is 2. The molecule has 0 radical (unpaired) electrons. The summed E-state index contributed by atoms with van der Waals surface area (Å²) in [6, 6.07) is 14.1. The highest BCUT2D eigenvalue weighted by molar-refractivity contribution is 6.10. The van der Waals surface area contributed by atoms with Crippen LogP contribution in [0.1, 0.15) is 40.0 Å². The Hall–Kier alpha value is -3.54. The van der Waals surface area contributed by atoms with E-state index in [-0.39, 0.29) is 24.2 Å². The monoisotopic (exact) mass is 415 g/mol. The maximum atomic E-state index is 13.6. The first kappa shape index (κ1) is 19.4. The average molecular weight is 415 g/mol. The number of hydrogen-bond acceptors (Lipinski definition) is 3. The second-order valence-electron chi connectivity index (χ2n) is 7.98. The Morgan fingerprint density at radius 2 is 1.90 bits per heavy atom. The van der Waals surface area contributed by atoms with Gasteiger partial charge in [0.15, 0.2) is 0 Å². The summed E-state index contributed by atoms with van der Waals surface area (Å²) in [5.41, 5.74) is 5.13. The molecule has 2 amide bonds. The van der Waals surface area contributed by atoms with Crippen molar-refractivity contribution in [3.8, 4) is 0 Å². The van der Waals surface area contributed by atoms with Crippen molar-refractivity contribution in [3.05, 3.63) is 76.7 Å². The van der Waals surface area contributed by atoms with Gasteiger partial charge in [-0.05, 0) is 60.2 Å². The Balaban J connectivity index is 1.66. The van der Waals surface area contributed by atoms with Crippen LogP contribution in [0.25, 0.3) is 22.6 Å². The van der Waals surface area contributed by atoms with Crippen LogP contribution in [-0.2, 0) is 11.2 Å². The number of allylic oxidation sites excluding steroid dienone is 1. The molecular weight excluding hydrogens is 393 g/mol. The third-order valence-corrected chi connectivity index (χ3v) is 5.92. The quantitative estimate of drug-likeness (QED) is 0.692. The van der Waals surface area contributed by atoms with Gasteiger partial charge in [0, 0.05) is 18.5 Å². The predicted octanol–water partition coefficient (Wildman–Crippen LogP) is 3.82. The second kappa shape index (κ2) is 7.95. The summed E-state index contributed by atoms with van der Waals surface area (Å²) in [6.45, 7) is 1.03. The molecule has 3 aromatic rings. The molecule has 1 N–H and O–H groups in total.